The maximum Gasteiger partial charge on any atom is 0.0747 e. The molecule has 0 rings (SSSR count). The summed E-state index contributed by atoms with van der Waals surface area (Å²) < 4.78 is 5.67. The van der Waals surface area contributed by atoms with Crippen molar-refractivity contribution in [1.82, 2.24) is 5.32 Å². The number of hydrogen-bond donors (Lipinski definition) is 1. The first kappa shape index (κ1) is 16.9. The molecule has 104 valence electrons. The van der Waals surface area contributed by atoms with Crippen LogP contribution >= 0.6 is 0 Å². The highest BCUT2D eigenvalue weighted by molar-refractivity contribution is 4.81. The highest BCUT2D eigenvalue weighted by Gasteiger charge is 2.25. The topological polar surface area (TPSA) is 21.3 Å². The number of hydrogen-bond acceptors (Lipinski definition) is 2. The van der Waals surface area contributed by atoms with Crippen LogP contribution in [0.25, 0.3) is 0 Å². The Hall–Kier alpha value is -0.0800. The number of rotatable bonds is 9. The third-order valence-corrected chi connectivity index (χ3v) is 3.32. The van der Waals surface area contributed by atoms with Gasteiger partial charge in [0.25, 0.3) is 0 Å². The lowest BCUT2D eigenvalue weighted by Crippen LogP contribution is -2.44. The fourth-order valence-electron chi connectivity index (χ4n) is 2.83. The molecular weight excluding hydrogens is 210 g/mol. The zero-order chi connectivity index (χ0) is 13.4. The summed E-state index contributed by atoms with van der Waals surface area (Å²) in [4.78, 5) is 0. The van der Waals surface area contributed by atoms with E-state index < -0.39 is 0 Å². The van der Waals surface area contributed by atoms with E-state index in [1.807, 2.05) is 7.11 Å². The SMILES string of the molecule is CCNC(CC(C)CC(C)C)C(OC)C(C)C. The molecule has 1 N–H and O–H groups in total. The highest BCUT2D eigenvalue weighted by Crippen LogP contribution is 2.21. The maximum atomic E-state index is 5.67. The summed E-state index contributed by atoms with van der Waals surface area (Å²) in [6.45, 7) is 14.6. The van der Waals surface area contributed by atoms with Gasteiger partial charge in [-0.1, -0.05) is 41.5 Å². The van der Waals surface area contributed by atoms with Gasteiger partial charge in [-0.15, -0.1) is 0 Å². The van der Waals surface area contributed by atoms with Crippen LogP contribution in [0.15, 0.2) is 0 Å². The zero-order valence-corrected chi connectivity index (χ0v) is 12.9. The van der Waals surface area contributed by atoms with Crippen molar-refractivity contribution >= 4 is 0 Å². The molecule has 0 aliphatic heterocycles. The van der Waals surface area contributed by atoms with Gasteiger partial charge in [0.1, 0.15) is 0 Å². The van der Waals surface area contributed by atoms with Gasteiger partial charge in [-0.25, -0.2) is 0 Å². The molecule has 0 aliphatic rings. The minimum Gasteiger partial charge on any atom is -0.380 e. The predicted octanol–water partition coefficient (Wildman–Crippen LogP) is 3.71. The quantitative estimate of drug-likeness (QED) is 0.666. The summed E-state index contributed by atoms with van der Waals surface area (Å²) in [7, 11) is 1.84. The zero-order valence-electron chi connectivity index (χ0n) is 12.9. The van der Waals surface area contributed by atoms with Crippen LogP contribution in [0, 0.1) is 17.8 Å². The second-order valence-corrected chi connectivity index (χ2v) is 6.08. The van der Waals surface area contributed by atoms with Gasteiger partial charge >= 0.3 is 0 Å². The molecule has 0 radical (unpaired) electrons. The van der Waals surface area contributed by atoms with Crippen molar-refractivity contribution in [2.24, 2.45) is 17.8 Å². The molecule has 0 fully saturated rings. The summed E-state index contributed by atoms with van der Waals surface area (Å²) in [6.07, 6.45) is 2.84. The molecule has 0 bridgehead atoms. The summed E-state index contributed by atoms with van der Waals surface area (Å²) in [5.41, 5.74) is 0. The van der Waals surface area contributed by atoms with E-state index >= 15 is 0 Å². The van der Waals surface area contributed by atoms with Crippen LogP contribution in [0.2, 0.25) is 0 Å². The standard InChI is InChI=1S/C15H33NO/c1-8-16-14(15(17-7)12(4)5)10-13(6)9-11(2)3/h11-16H,8-10H2,1-7H3. The Labute approximate surface area is 109 Å². The van der Waals surface area contributed by atoms with E-state index in [1.54, 1.807) is 0 Å². The molecule has 0 saturated heterocycles. The summed E-state index contributed by atoms with van der Waals surface area (Å²) >= 11 is 0. The van der Waals surface area contributed by atoms with Crippen LogP contribution in [0.4, 0.5) is 0 Å². The first-order chi connectivity index (χ1) is 7.92. The van der Waals surface area contributed by atoms with Crippen molar-refractivity contribution in [3.8, 4) is 0 Å². The molecule has 0 heterocycles. The first-order valence-corrected chi connectivity index (χ1v) is 7.18. The van der Waals surface area contributed by atoms with E-state index in [0.717, 1.165) is 18.4 Å². The largest absolute Gasteiger partial charge is 0.380 e. The molecule has 0 aliphatic carbocycles. The molecule has 0 aromatic carbocycles. The summed E-state index contributed by atoms with van der Waals surface area (Å²) in [5, 5.41) is 3.59. The molecule has 17 heavy (non-hydrogen) atoms. The minimum absolute atomic E-state index is 0.324. The summed E-state index contributed by atoms with van der Waals surface area (Å²) in [5.74, 6) is 2.11. The lowest BCUT2D eigenvalue weighted by Gasteiger charge is -2.32. The van der Waals surface area contributed by atoms with Gasteiger partial charge in [-0.3, -0.25) is 0 Å². The van der Waals surface area contributed by atoms with Gasteiger partial charge in [0.2, 0.25) is 0 Å². The average Bonchev–Trinajstić information content (AvgIpc) is 2.16. The number of likely N-dealkylation sites (N-methyl/N-ethyl adjacent to an activating group) is 1. The van der Waals surface area contributed by atoms with Gasteiger partial charge in [0, 0.05) is 13.2 Å². The van der Waals surface area contributed by atoms with Gasteiger partial charge in [-0.05, 0) is 37.1 Å². The molecule has 2 heteroatoms. The Morgan fingerprint density at radius 1 is 1.00 bits per heavy atom. The van der Waals surface area contributed by atoms with Crippen LogP contribution in [-0.2, 0) is 4.74 Å². The van der Waals surface area contributed by atoms with E-state index in [4.69, 9.17) is 4.74 Å². The second-order valence-electron chi connectivity index (χ2n) is 6.08. The van der Waals surface area contributed by atoms with E-state index in [1.165, 1.54) is 12.8 Å². The molecule has 3 atom stereocenters. The summed E-state index contributed by atoms with van der Waals surface area (Å²) in [6, 6.07) is 0.485. The Balaban J connectivity index is 4.39. The Kier molecular flexibility index (Phi) is 8.89. The number of ether oxygens (including phenoxy) is 1. The van der Waals surface area contributed by atoms with Crippen LogP contribution < -0.4 is 5.32 Å². The lowest BCUT2D eigenvalue weighted by molar-refractivity contribution is 0.0261. The lowest BCUT2D eigenvalue weighted by atomic mass is 9.87. The van der Waals surface area contributed by atoms with E-state index in [2.05, 4.69) is 46.9 Å². The number of methoxy groups -OCH3 is 1. The van der Waals surface area contributed by atoms with Crippen molar-refractivity contribution < 1.29 is 4.74 Å². The van der Waals surface area contributed by atoms with E-state index in [-0.39, 0.29) is 0 Å². The van der Waals surface area contributed by atoms with Crippen molar-refractivity contribution in [3.63, 3.8) is 0 Å². The Morgan fingerprint density at radius 3 is 1.94 bits per heavy atom. The average molecular weight is 243 g/mol. The fourth-order valence-corrected chi connectivity index (χ4v) is 2.83. The van der Waals surface area contributed by atoms with E-state index in [9.17, 15) is 0 Å². The van der Waals surface area contributed by atoms with Gasteiger partial charge in [-0.2, -0.15) is 0 Å². The van der Waals surface area contributed by atoms with Gasteiger partial charge < -0.3 is 10.1 Å². The van der Waals surface area contributed by atoms with Crippen molar-refractivity contribution in [1.29, 1.82) is 0 Å². The predicted molar refractivity (Wildman–Crippen MR) is 76.3 cm³/mol. The van der Waals surface area contributed by atoms with Crippen LogP contribution in [0.3, 0.4) is 0 Å². The van der Waals surface area contributed by atoms with Gasteiger partial charge in [0.05, 0.1) is 6.10 Å². The Morgan fingerprint density at radius 2 is 1.59 bits per heavy atom. The van der Waals surface area contributed by atoms with Crippen LogP contribution in [0.1, 0.15) is 54.4 Å². The smallest absolute Gasteiger partial charge is 0.0747 e. The highest BCUT2D eigenvalue weighted by atomic mass is 16.5. The third kappa shape index (κ3) is 7.05. The minimum atomic E-state index is 0.324. The van der Waals surface area contributed by atoms with Gasteiger partial charge in [0.15, 0.2) is 0 Å². The van der Waals surface area contributed by atoms with E-state index in [0.29, 0.717) is 18.1 Å². The molecular formula is C15H33NO. The van der Waals surface area contributed by atoms with Crippen molar-refractivity contribution in [2.45, 2.75) is 66.5 Å². The molecule has 0 aromatic heterocycles. The Bertz CT molecular complexity index is 180. The molecule has 0 spiro atoms. The van der Waals surface area contributed by atoms with Crippen LogP contribution in [0.5, 0.6) is 0 Å². The van der Waals surface area contributed by atoms with Crippen molar-refractivity contribution in [3.05, 3.63) is 0 Å². The molecule has 0 saturated carbocycles. The molecule has 0 aromatic rings. The normalized spacial score (nSPS) is 17.5. The van der Waals surface area contributed by atoms with Crippen molar-refractivity contribution in [2.75, 3.05) is 13.7 Å². The monoisotopic (exact) mass is 243 g/mol. The first-order valence-electron chi connectivity index (χ1n) is 7.18. The van der Waals surface area contributed by atoms with Crippen LogP contribution in [-0.4, -0.2) is 25.8 Å². The molecule has 3 unspecified atom stereocenters. The second kappa shape index (κ2) is 8.93. The maximum absolute atomic E-state index is 5.67. The molecule has 0 amide bonds. The third-order valence-electron chi connectivity index (χ3n) is 3.32. The fraction of sp³-hybridized carbons (Fsp3) is 1.00. The number of nitrogens with one attached hydrogen (secondary N) is 1. The molecule has 2 nitrogen and oxygen atoms in total.